The predicted octanol–water partition coefficient (Wildman–Crippen LogP) is -0.385. The minimum Gasteiger partial charge on any atom is -0.488 e. The number of nitrogens with zero attached hydrogens (tertiary/aromatic N) is 5. The maximum absolute atomic E-state index is 12.1. The number of aromatic nitrogens is 4. The summed E-state index contributed by atoms with van der Waals surface area (Å²) < 4.78 is 12.0. The van der Waals surface area contributed by atoms with Gasteiger partial charge in [-0.1, -0.05) is 0 Å². The third kappa shape index (κ3) is 3.30. The number of carbonyl (C=O) groups is 1. The number of tetrazole rings is 1. The first-order chi connectivity index (χ1) is 10.6. The van der Waals surface area contributed by atoms with E-state index in [-0.39, 0.29) is 18.6 Å². The van der Waals surface area contributed by atoms with Crippen LogP contribution >= 0.6 is 0 Å². The van der Waals surface area contributed by atoms with Gasteiger partial charge in [0.1, 0.15) is 30.5 Å². The largest absolute Gasteiger partial charge is 0.488 e. The third-order valence-corrected chi connectivity index (χ3v) is 3.36. The standard InChI is InChI=1S/C13H15N5O4/c1-9-4-11(5-13(20)21-9)22-10-2-3-17(6-10)12(19)7-18-8-14-15-16-18/h4-5,8,10H,2-3,6-7H2,1H3. The van der Waals surface area contributed by atoms with Gasteiger partial charge >= 0.3 is 5.63 Å². The summed E-state index contributed by atoms with van der Waals surface area (Å²) in [6.45, 7) is 2.87. The van der Waals surface area contributed by atoms with Crippen molar-refractivity contribution in [3.05, 3.63) is 34.6 Å². The van der Waals surface area contributed by atoms with Crippen LogP contribution in [-0.4, -0.2) is 50.2 Å². The number of hydrogen-bond acceptors (Lipinski definition) is 7. The Morgan fingerprint density at radius 3 is 3.09 bits per heavy atom. The zero-order valence-corrected chi connectivity index (χ0v) is 12.0. The quantitative estimate of drug-likeness (QED) is 0.758. The summed E-state index contributed by atoms with van der Waals surface area (Å²) in [6, 6.07) is 2.96. The van der Waals surface area contributed by atoms with Crippen molar-refractivity contribution in [3.63, 3.8) is 0 Å². The fourth-order valence-corrected chi connectivity index (χ4v) is 2.38. The normalized spacial score (nSPS) is 17.7. The number of rotatable bonds is 4. The lowest BCUT2D eigenvalue weighted by atomic mass is 10.3. The lowest BCUT2D eigenvalue weighted by Crippen LogP contribution is -2.33. The molecule has 0 aliphatic carbocycles. The van der Waals surface area contributed by atoms with E-state index in [1.54, 1.807) is 17.9 Å². The molecule has 2 aromatic heterocycles. The van der Waals surface area contributed by atoms with Gasteiger partial charge < -0.3 is 14.1 Å². The molecule has 0 spiro atoms. The molecule has 0 aromatic carbocycles. The van der Waals surface area contributed by atoms with Crippen molar-refractivity contribution in [2.24, 2.45) is 0 Å². The molecule has 2 aromatic rings. The van der Waals surface area contributed by atoms with Crippen LogP contribution < -0.4 is 10.4 Å². The Hall–Kier alpha value is -2.71. The van der Waals surface area contributed by atoms with Gasteiger partial charge in [0.2, 0.25) is 5.91 Å². The molecule has 3 heterocycles. The number of hydrogen-bond donors (Lipinski definition) is 0. The maximum Gasteiger partial charge on any atom is 0.339 e. The molecule has 0 bridgehead atoms. The van der Waals surface area contributed by atoms with Crippen LogP contribution in [0.25, 0.3) is 0 Å². The SMILES string of the molecule is Cc1cc(OC2CCN(C(=O)Cn3cnnn3)C2)cc(=O)o1. The molecular weight excluding hydrogens is 290 g/mol. The number of amides is 1. The molecule has 0 saturated carbocycles. The second kappa shape index (κ2) is 5.96. The highest BCUT2D eigenvalue weighted by Crippen LogP contribution is 2.18. The van der Waals surface area contributed by atoms with Crippen LogP contribution in [0.15, 0.2) is 27.7 Å². The van der Waals surface area contributed by atoms with Gasteiger partial charge in [0.05, 0.1) is 12.6 Å². The minimum atomic E-state index is -0.445. The Labute approximate surface area is 125 Å². The number of likely N-dealkylation sites (tertiary alicyclic amines) is 1. The summed E-state index contributed by atoms with van der Waals surface area (Å²) in [5.74, 6) is 0.891. The van der Waals surface area contributed by atoms with Crippen LogP contribution in [0, 0.1) is 6.92 Å². The Bertz CT molecular complexity index is 711. The molecule has 1 aliphatic rings. The summed E-state index contributed by atoms with van der Waals surface area (Å²) in [5.41, 5.74) is -0.445. The fraction of sp³-hybridized carbons (Fsp3) is 0.462. The zero-order chi connectivity index (χ0) is 15.5. The highest BCUT2D eigenvalue weighted by atomic mass is 16.5. The molecule has 1 saturated heterocycles. The van der Waals surface area contributed by atoms with E-state index in [0.717, 1.165) is 0 Å². The number of ether oxygens (including phenoxy) is 1. The first kappa shape index (κ1) is 14.2. The minimum absolute atomic E-state index is 0.0674. The van der Waals surface area contributed by atoms with Crippen molar-refractivity contribution in [3.8, 4) is 5.75 Å². The molecule has 3 rings (SSSR count). The monoisotopic (exact) mass is 305 g/mol. The molecule has 1 fully saturated rings. The summed E-state index contributed by atoms with van der Waals surface area (Å²) in [4.78, 5) is 25.1. The van der Waals surface area contributed by atoms with Crippen molar-refractivity contribution < 1.29 is 13.9 Å². The molecule has 1 unspecified atom stereocenters. The van der Waals surface area contributed by atoms with Gasteiger partial charge in [-0.05, 0) is 17.4 Å². The highest BCUT2D eigenvalue weighted by Gasteiger charge is 2.28. The van der Waals surface area contributed by atoms with Crippen LogP contribution in [-0.2, 0) is 11.3 Å². The molecule has 0 N–H and O–H groups in total. The van der Waals surface area contributed by atoms with Gasteiger partial charge in [-0.15, -0.1) is 5.10 Å². The van der Waals surface area contributed by atoms with E-state index in [1.807, 2.05) is 0 Å². The van der Waals surface area contributed by atoms with Crippen molar-refractivity contribution >= 4 is 5.91 Å². The Balaban J connectivity index is 1.57. The Morgan fingerprint density at radius 1 is 1.50 bits per heavy atom. The van der Waals surface area contributed by atoms with Crippen molar-refractivity contribution in [1.29, 1.82) is 0 Å². The molecule has 1 atom stereocenters. The van der Waals surface area contributed by atoms with E-state index in [4.69, 9.17) is 9.15 Å². The van der Waals surface area contributed by atoms with Crippen LogP contribution in [0.1, 0.15) is 12.2 Å². The summed E-state index contributed by atoms with van der Waals surface area (Å²) in [5, 5.41) is 10.6. The second-order valence-electron chi connectivity index (χ2n) is 5.10. The smallest absolute Gasteiger partial charge is 0.339 e. The molecule has 116 valence electrons. The fourth-order valence-electron chi connectivity index (χ4n) is 2.38. The summed E-state index contributed by atoms with van der Waals surface area (Å²) in [7, 11) is 0. The first-order valence-corrected chi connectivity index (χ1v) is 6.87. The van der Waals surface area contributed by atoms with Crippen molar-refractivity contribution in [2.45, 2.75) is 26.0 Å². The average Bonchev–Trinajstić information content (AvgIpc) is 3.09. The van der Waals surface area contributed by atoms with E-state index in [2.05, 4.69) is 15.5 Å². The molecule has 9 heteroatoms. The average molecular weight is 305 g/mol. The molecule has 0 radical (unpaired) electrons. The number of carbonyl (C=O) groups excluding carboxylic acids is 1. The molecule has 9 nitrogen and oxygen atoms in total. The predicted molar refractivity (Wildman–Crippen MR) is 73.1 cm³/mol. The molecular formula is C13H15N5O4. The van der Waals surface area contributed by atoms with Gasteiger partial charge in [0.25, 0.3) is 0 Å². The third-order valence-electron chi connectivity index (χ3n) is 3.36. The highest BCUT2D eigenvalue weighted by molar-refractivity contribution is 5.76. The van der Waals surface area contributed by atoms with Crippen LogP contribution in [0.2, 0.25) is 0 Å². The van der Waals surface area contributed by atoms with Gasteiger partial charge in [-0.25, -0.2) is 9.48 Å². The van der Waals surface area contributed by atoms with E-state index in [0.29, 0.717) is 31.0 Å². The lowest BCUT2D eigenvalue weighted by molar-refractivity contribution is -0.131. The molecule has 1 aliphatic heterocycles. The van der Waals surface area contributed by atoms with Crippen LogP contribution in [0.5, 0.6) is 5.75 Å². The van der Waals surface area contributed by atoms with E-state index >= 15 is 0 Å². The summed E-state index contributed by atoms with van der Waals surface area (Å²) >= 11 is 0. The van der Waals surface area contributed by atoms with Gasteiger partial charge in [0.15, 0.2) is 0 Å². The van der Waals surface area contributed by atoms with E-state index in [1.165, 1.54) is 17.1 Å². The zero-order valence-electron chi connectivity index (χ0n) is 12.0. The Morgan fingerprint density at radius 2 is 2.36 bits per heavy atom. The maximum atomic E-state index is 12.1. The van der Waals surface area contributed by atoms with Crippen molar-refractivity contribution in [1.82, 2.24) is 25.1 Å². The van der Waals surface area contributed by atoms with Gasteiger partial charge in [-0.2, -0.15) is 0 Å². The Kier molecular flexibility index (Phi) is 3.86. The van der Waals surface area contributed by atoms with Crippen LogP contribution in [0.4, 0.5) is 0 Å². The van der Waals surface area contributed by atoms with Gasteiger partial charge in [0, 0.05) is 19.0 Å². The van der Waals surface area contributed by atoms with E-state index in [9.17, 15) is 9.59 Å². The molecule has 22 heavy (non-hydrogen) atoms. The second-order valence-corrected chi connectivity index (χ2v) is 5.10. The van der Waals surface area contributed by atoms with Crippen molar-refractivity contribution in [2.75, 3.05) is 13.1 Å². The first-order valence-electron chi connectivity index (χ1n) is 6.87. The van der Waals surface area contributed by atoms with E-state index < -0.39 is 5.63 Å². The summed E-state index contributed by atoms with van der Waals surface area (Å²) in [6.07, 6.45) is 1.97. The van der Waals surface area contributed by atoms with Crippen LogP contribution in [0.3, 0.4) is 0 Å². The molecule has 1 amide bonds. The number of aryl methyl sites for hydroxylation is 1. The van der Waals surface area contributed by atoms with Gasteiger partial charge in [-0.3, -0.25) is 4.79 Å². The lowest BCUT2D eigenvalue weighted by Gasteiger charge is -2.17. The topological polar surface area (TPSA) is 103 Å².